The maximum absolute atomic E-state index is 12.3. The van der Waals surface area contributed by atoms with Crippen LogP contribution in [0.15, 0.2) is 63.6 Å². The van der Waals surface area contributed by atoms with E-state index in [1.165, 1.54) is 0 Å². The monoisotopic (exact) mass is 315 g/mol. The SMILES string of the molecule is CN(Cc1ccco1)C(=O)c1ccc(-c2ccc(Cl)cc2)o1. The van der Waals surface area contributed by atoms with Gasteiger partial charge < -0.3 is 13.7 Å². The second-order valence-corrected chi connectivity index (χ2v) is 5.35. The van der Waals surface area contributed by atoms with Crippen molar-refractivity contribution >= 4 is 17.5 Å². The van der Waals surface area contributed by atoms with Gasteiger partial charge in [0.15, 0.2) is 5.76 Å². The predicted molar refractivity (Wildman–Crippen MR) is 83.7 cm³/mol. The lowest BCUT2D eigenvalue weighted by atomic mass is 10.2. The van der Waals surface area contributed by atoms with Crippen LogP contribution in [0.3, 0.4) is 0 Å². The first kappa shape index (κ1) is 14.5. The molecule has 3 rings (SSSR count). The van der Waals surface area contributed by atoms with E-state index in [0.29, 0.717) is 23.1 Å². The molecule has 0 unspecified atom stereocenters. The molecule has 4 nitrogen and oxygen atoms in total. The zero-order valence-electron chi connectivity index (χ0n) is 12.0. The van der Waals surface area contributed by atoms with Gasteiger partial charge in [0, 0.05) is 17.6 Å². The Labute approximate surface area is 132 Å². The summed E-state index contributed by atoms with van der Waals surface area (Å²) in [6, 6.07) is 14.3. The Morgan fingerprint density at radius 3 is 2.59 bits per heavy atom. The molecule has 1 aromatic carbocycles. The number of benzene rings is 1. The minimum absolute atomic E-state index is 0.198. The highest BCUT2D eigenvalue weighted by molar-refractivity contribution is 6.30. The van der Waals surface area contributed by atoms with Crippen molar-refractivity contribution < 1.29 is 13.6 Å². The summed E-state index contributed by atoms with van der Waals surface area (Å²) in [5.74, 6) is 1.45. The second kappa shape index (κ2) is 6.12. The zero-order chi connectivity index (χ0) is 15.5. The first-order valence-electron chi connectivity index (χ1n) is 6.77. The van der Waals surface area contributed by atoms with Gasteiger partial charge >= 0.3 is 0 Å². The Balaban J connectivity index is 1.75. The van der Waals surface area contributed by atoms with Crippen molar-refractivity contribution in [2.24, 2.45) is 0 Å². The van der Waals surface area contributed by atoms with Gasteiger partial charge in [-0.25, -0.2) is 0 Å². The lowest BCUT2D eigenvalue weighted by Gasteiger charge is -2.13. The van der Waals surface area contributed by atoms with Gasteiger partial charge in [-0.15, -0.1) is 0 Å². The molecule has 3 aromatic rings. The highest BCUT2D eigenvalue weighted by atomic mass is 35.5. The van der Waals surface area contributed by atoms with Gasteiger partial charge in [0.25, 0.3) is 5.91 Å². The van der Waals surface area contributed by atoms with Crippen molar-refractivity contribution in [3.8, 4) is 11.3 Å². The molecule has 5 heteroatoms. The molecule has 0 saturated heterocycles. The summed E-state index contributed by atoms with van der Waals surface area (Å²) in [6.45, 7) is 0.392. The van der Waals surface area contributed by atoms with Crippen molar-refractivity contribution in [1.29, 1.82) is 0 Å². The lowest BCUT2D eigenvalue weighted by Crippen LogP contribution is -2.25. The van der Waals surface area contributed by atoms with Crippen LogP contribution in [-0.2, 0) is 6.54 Å². The Kier molecular flexibility index (Phi) is 4.02. The first-order chi connectivity index (χ1) is 10.6. The van der Waals surface area contributed by atoms with Gasteiger partial charge in [0.1, 0.15) is 11.5 Å². The Morgan fingerprint density at radius 1 is 1.14 bits per heavy atom. The largest absolute Gasteiger partial charge is 0.467 e. The van der Waals surface area contributed by atoms with Crippen molar-refractivity contribution in [1.82, 2.24) is 4.90 Å². The molecule has 2 heterocycles. The van der Waals surface area contributed by atoms with Gasteiger partial charge in [-0.05, 0) is 48.5 Å². The van der Waals surface area contributed by atoms with Crippen LogP contribution in [0.4, 0.5) is 0 Å². The molecular weight excluding hydrogens is 302 g/mol. The molecule has 0 N–H and O–H groups in total. The third kappa shape index (κ3) is 3.07. The molecule has 0 atom stereocenters. The molecule has 0 aliphatic rings. The third-order valence-corrected chi connectivity index (χ3v) is 3.52. The number of halogens is 1. The quantitative estimate of drug-likeness (QED) is 0.714. The van der Waals surface area contributed by atoms with E-state index in [4.69, 9.17) is 20.4 Å². The third-order valence-electron chi connectivity index (χ3n) is 3.27. The van der Waals surface area contributed by atoms with Crippen LogP contribution in [0, 0.1) is 0 Å². The molecule has 1 amide bonds. The molecule has 2 aromatic heterocycles. The molecule has 22 heavy (non-hydrogen) atoms. The highest BCUT2D eigenvalue weighted by Crippen LogP contribution is 2.24. The van der Waals surface area contributed by atoms with E-state index in [9.17, 15) is 4.79 Å². The van der Waals surface area contributed by atoms with Crippen LogP contribution in [-0.4, -0.2) is 17.9 Å². The van der Waals surface area contributed by atoms with E-state index in [2.05, 4.69) is 0 Å². The fraction of sp³-hybridized carbons (Fsp3) is 0.118. The van der Waals surface area contributed by atoms with Gasteiger partial charge in [0.2, 0.25) is 0 Å². The predicted octanol–water partition coefficient (Wildman–Crippen LogP) is 4.47. The smallest absolute Gasteiger partial charge is 0.289 e. The average Bonchev–Trinajstić information content (AvgIpc) is 3.18. The van der Waals surface area contributed by atoms with Crippen LogP contribution in [0.1, 0.15) is 16.3 Å². The number of furan rings is 2. The van der Waals surface area contributed by atoms with Crippen LogP contribution in [0.5, 0.6) is 0 Å². The van der Waals surface area contributed by atoms with Gasteiger partial charge in [-0.1, -0.05) is 11.6 Å². The van der Waals surface area contributed by atoms with Gasteiger partial charge in [-0.2, -0.15) is 0 Å². The average molecular weight is 316 g/mol. The van der Waals surface area contributed by atoms with Crippen LogP contribution in [0.2, 0.25) is 5.02 Å². The summed E-state index contributed by atoms with van der Waals surface area (Å²) >= 11 is 5.86. The maximum atomic E-state index is 12.3. The Bertz CT molecular complexity index is 760. The highest BCUT2D eigenvalue weighted by Gasteiger charge is 2.17. The number of hydrogen-bond acceptors (Lipinski definition) is 3. The van der Waals surface area contributed by atoms with Crippen molar-refractivity contribution in [3.05, 3.63) is 71.3 Å². The fourth-order valence-corrected chi connectivity index (χ4v) is 2.24. The summed E-state index contributed by atoms with van der Waals surface area (Å²) in [5, 5.41) is 0.657. The van der Waals surface area contributed by atoms with E-state index in [1.807, 2.05) is 18.2 Å². The molecule has 0 spiro atoms. The summed E-state index contributed by atoms with van der Waals surface area (Å²) in [5.41, 5.74) is 0.872. The van der Waals surface area contributed by atoms with Crippen molar-refractivity contribution in [2.45, 2.75) is 6.54 Å². The first-order valence-corrected chi connectivity index (χ1v) is 7.15. The molecule has 0 saturated carbocycles. The number of nitrogens with zero attached hydrogens (tertiary/aromatic N) is 1. The molecule has 0 fully saturated rings. The molecule has 112 valence electrons. The van der Waals surface area contributed by atoms with E-state index < -0.39 is 0 Å². The minimum atomic E-state index is -0.198. The minimum Gasteiger partial charge on any atom is -0.467 e. The van der Waals surface area contributed by atoms with Crippen LogP contribution >= 0.6 is 11.6 Å². The topological polar surface area (TPSA) is 46.6 Å². The molecular formula is C17H14ClNO3. The number of rotatable bonds is 4. The maximum Gasteiger partial charge on any atom is 0.289 e. The van der Waals surface area contributed by atoms with E-state index in [0.717, 1.165) is 11.3 Å². The van der Waals surface area contributed by atoms with Crippen molar-refractivity contribution in [2.75, 3.05) is 7.05 Å². The second-order valence-electron chi connectivity index (χ2n) is 4.91. The number of carbonyl (C=O) groups is 1. The summed E-state index contributed by atoms with van der Waals surface area (Å²) in [4.78, 5) is 13.9. The fourth-order valence-electron chi connectivity index (χ4n) is 2.12. The van der Waals surface area contributed by atoms with Crippen LogP contribution in [0.25, 0.3) is 11.3 Å². The Hall–Kier alpha value is -2.46. The number of amides is 1. The normalized spacial score (nSPS) is 10.6. The number of hydrogen-bond donors (Lipinski definition) is 0. The molecule has 0 bridgehead atoms. The van der Waals surface area contributed by atoms with E-state index in [-0.39, 0.29) is 5.91 Å². The van der Waals surface area contributed by atoms with Gasteiger partial charge in [0.05, 0.1) is 12.8 Å². The van der Waals surface area contributed by atoms with Crippen molar-refractivity contribution in [3.63, 3.8) is 0 Å². The summed E-state index contributed by atoms with van der Waals surface area (Å²) < 4.78 is 10.9. The Morgan fingerprint density at radius 2 is 1.91 bits per heavy atom. The standard InChI is InChI=1S/C17H14ClNO3/c1-19(11-14-3-2-10-21-14)17(20)16-9-8-15(22-16)12-4-6-13(18)7-5-12/h2-10H,11H2,1H3. The van der Waals surface area contributed by atoms with E-state index >= 15 is 0 Å². The molecule has 0 aliphatic heterocycles. The molecule has 0 aliphatic carbocycles. The summed E-state index contributed by atoms with van der Waals surface area (Å²) in [6.07, 6.45) is 1.58. The molecule has 0 radical (unpaired) electrons. The zero-order valence-corrected chi connectivity index (χ0v) is 12.7. The summed E-state index contributed by atoms with van der Waals surface area (Å²) in [7, 11) is 1.70. The van der Waals surface area contributed by atoms with E-state index in [1.54, 1.807) is 48.5 Å². The van der Waals surface area contributed by atoms with Crippen LogP contribution < -0.4 is 0 Å². The number of carbonyl (C=O) groups excluding carboxylic acids is 1. The lowest BCUT2D eigenvalue weighted by molar-refractivity contribution is 0.0744. The van der Waals surface area contributed by atoms with Gasteiger partial charge in [-0.3, -0.25) is 4.79 Å².